The maximum absolute atomic E-state index is 11.7. The molecule has 7 nitrogen and oxygen atoms in total. The summed E-state index contributed by atoms with van der Waals surface area (Å²) in [5.41, 5.74) is 5.16. The predicted octanol–water partition coefficient (Wildman–Crippen LogP) is 1.57. The number of carbonyl (C=O) groups is 1. The van der Waals surface area contributed by atoms with Gasteiger partial charge in [0.05, 0.1) is 19.0 Å². The molecule has 0 bridgehead atoms. The van der Waals surface area contributed by atoms with E-state index in [9.17, 15) is 4.79 Å². The second-order valence-corrected chi connectivity index (χ2v) is 4.97. The van der Waals surface area contributed by atoms with Crippen molar-refractivity contribution in [2.24, 2.45) is 12.1 Å². The first-order valence-corrected chi connectivity index (χ1v) is 7.10. The topological polar surface area (TPSA) is 77.7 Å². The van der Waals surface area contributed by atoms with E-state index >= 15 is 0 Å². The molecule has 0 spiro atoms. The van der Waals surface area contributed by atoms with Crippen molar-refractivity contribution in [2.45, 2.75) is 13.8 Å². The van der Waals surface area contributed by atoms with E-state index in [4.69, 9.17) is 9.47 Å². The van der Waals surface area contributed by atoms with Crippen molar-refractivity contribution in [3.63, 3.8) is 0 Å². The van der Waals surface area contributed by atoms with Crippen LogP contribution >= 0.6 is 0 Å². The summed E-state index contributed by atoms with van der Waals surface area (Å²) < 4.78 is 12.2. The van der Waals surface area contributed by atoms with Gasteiger partial charge in [-0.2, -0.15) is 10.2 Å². The molecule has 0 radical (unpaired) electrons. The predicted molar refractivity (Wildman–Crippen MR) is 86.9 cm³/mol. The Morgan fingerprint density at radius 2 is 1.96 bits per heavy atom. The number of hydrogen-bond donors (Lipinski definition) is 1. The van der Waals surface area contributed by atoms with Crippen molar-refractivity contribution < 1.29 is 14.3 Å². The van der Waals surface area contributed by atoms with Crippen molar-refractivity contribution in [1.82, 2.24) is 15.2 Å². The molecule has 0 saturated heterocycles. The summed E-state index contributed by atoms with van der Waals surface area (Å²) >= 11 is 0. The fourth-order valence-electron chi connectivity index (χ4n) is 2.00. The zero-order chi connectivity index (χ0) is 16.8. The number of aromatic nitrogens is 2. The lowest BCUT2D eigenvalue weighted by Crippen LogP contribution is -2.24. The van der Waals surface area contributed by atoms with Crippen LogP contribution in [0.4, 0.5) is 0 Å². The van der Waals surface area contributed by atoms with Crippen LogP contribution in [0.5, 0.6) is 11.5 Å². The van der Waals surface area contributed by atoms with Crippen molar-refractivity contribution in [2.75, 3.05) is 13.7 Å². The highest BCUT2D eigenvalue weighted by molar-refractivity contribution is 5.84. The minimum absolute atomic E-state index is 0.116. The summed E-state index contributed by atoms with van der Waals surface area (Å²) in [6.45, 7) is 3.72. The summed E-state index contributed by atoms with van der Waals surface area (Å²) in [5.74, 6) is 0.980. The number of methoxy groups -OCH3 is 1. The molecular weight excluding hydrogens is 296 g/mol. The Morgan fingerprint density at radius 1 is 1.30 bits per heavy atom. The lowest BCUT2D eigenvalue weighted by atomic mass is 10.2. The number of benzene rings is 1. The molecule has 1 amide bonds. The Labute approximate surface area is 134 Å². The van der Waals surface area contributed by atoms with E-state index < -0.39 is 0 Å². The number of carbonyl (C=O) groups excluding carboxylic acids is 1. The number of rotatable bonds is 6. The van der Waals surface area contributed by atoms with Crippen LogP contribution in [-0.2, 0) is 11.8 Å². The van der Waals surface area contributed by atoms with E-state index in [2.05, 4.69) is 15.6 Å². The Kier molecular flexibility index (Phi) is 5.35. The number of aryl methyl sites for hydroxylation is 2. The quantitative estimate of drug-likeness (QED) is 0.648. The number of ether oxygens (including phenoxy) is 2. The first-order valence-electron chi connectivity index (χ1n) is 7.10. The number of hydrogen-bond acceptors (Lipinski definition) is 5. The molecule has 1 aromatic carbocycles. The smallest absolute Gasteiger partial charge is 0.277 e. The van der Waals surface area contributed by atoms with Crippen LogP contribution in [0.25, 0.3) is 0 Å². The first-order chi connectivity index (χ1) is 11.0. The molecule has 0 atom stereocenters. The van der Waals surface area contributed by atoms with Gasteiger partial charge < -0.3 is 9.47 Å². The molecule has 23 heavy (non-hydrogen) atoms. The first kappa shape index (κ1) is 16.5. The Hall–Kier alpha value is -2.83. The van der Waals surface area contributed by atoms with Gasteiger partial charge in [-0.1, -0.05) is 0 Å². The summed E-state index contributed by atoms with van der Waals surface area (Å²) in [7, 11) is 3.45. The molecule has 1 N–H and O–H groups in total. The maximum atomic E-state index is 11.7. The average molecular weight is 316 g/mol. The normalized spacial score (nSPS) is 10.8. The van der Waals surface area contributed by atoms with Gasteiger partial charge in [0, 0.05) is 18.3 Å². The number of nitrogens with one attached hydrogen (secondary N) is 1. The van der Waals surface area contributed by atoms with E-state index in [0.717, 1.165) is 22.7 Å². The Balaban J connectivity index is 1.83. The van der Waals surface area contributed by atoms with Crippen molar-refractivity contribution in [3.8, 4) is 11.5 Å². The fourth-order valence-corrected chi connectivity index (χ4v) is 2.00. The molecule has 0 unspecified atom stereocenters. The Bertz CT molecular complexity index is 705. The van der Waals surface area contributed by atoms with E-state index in [1.807, 2.05) is 20.9 Å². The monoisotopic (exact) mass is 316 g/mol. The van der Waals surface area contributed by atoms with E-state index in [1.165, 1.54) is 0 Å². The number of amides is 1. The highest BCUT2D eigenvalue weighted by atomic mass is 16.5. The highest BCUT2D eigenvalue weighted by Gasteiger charge is 2.07. The van der Waals surface area contributed by atoms with Gasteiger partial charge in [-0.15, -0.1) is 0 Å². The largest absolute Gasteiger partial charge is 0.497 e. The lowest BCUT2D eigenvalue weighted by molar-refractivity contribution is -0.123. The van der Waals surface area contributed by atoms with Gasteiger partial charge in [0.25, 0.3) is 5.91 Å². The van der Waals surface area contributed by atoms with Crippen molar-refractivity contribution >= 4 is 12.1 Å². The van der Waals surface area contributed by atoms with Gasteiger partial charge in [0.1, 0.15) is 11.5 Å². The standard InChI is InChI=1S/C16H20N4O3/c1-11-15(12(2)20(3)19-11)9-17-18-16(21)10-23-14-7-5-13(22-4)6-8-14/h5-9H,10H2,1-4H3,(H,18,21)/b17-9-. The molecule has 0 aliphatic rings. The zero-order valence-electron chi connectivity index (χ0n) is 13.7. The molecular formula is C16H20N4O3. The number of hydrazone groups is 1. The van der Waals surface area contributed by atoms with Crippen LogP contribution in [0.2, 0.25) is 0 Å². The summed E-state index contributed by atoms with van der Waals surface area (Å²) in [5, 5.41) is 8.21. The second-order valence-electron chi connectivity index (χ2n) is 4.97. The van der Waals surface area contributed by atoms with Gasteiger partial charge in [-0.25, -0.2) is 5.43 Å². The molecule has 122 valence electrons. The average Bonchev–Trinajstić information content (AvgIpc) is 2.79. The van der Waals surface area contributed by atoms with Crippen molar-refractivity contribution in [3.05, 3.63) is 41.2 Å². The van der Waals surface area contributed by atoms with Crippen molar-refractivity contribution in [1.29, 1.82) is 0 Å². The molecule has 0 fully saturated rings. The van der Waals surface area contributed by atoms with Crippen LogP contribution in [0, 0.1) is 13.8 Å². The van der Waals surface area contributed by atoms with Crippen LogP contribution < -0.4 is 14.9 Å². The molecule has 2 rings (SSSR count). The van der Waals surface area contributed by atoms with Crippen LogP contribution in [0.15, 0.2) is 29.4 Å². The zero-order valence-corrected chi connectivity index (χ0v) is 13.7. The summed E-state index contributed by atoms with van der Waals surface area (Å²) in [6.07, 6.45) is 1.59. The van der Waals surface area contributed by atoms with Gasteiger partial charge >= 0.3 is 0 Å². The maximum Gasteiger partial charge on any atom is 0.277 e. The van der Waals surface area contributed by atoms with Gasteiger partial charge in [-0.3, -0.25) is 9.48 Å². The minimum Gasteiger partial charge on any atom is -0.497 e. The Morgan fingerprint density at radius 3 is 2.52 bits per heavy atom. The van der Waals surface area contributed by atoms with Crippen LogP contribution in [0.1, 0.15) is 17.0 Å². The second kappa shape index (κ2) is 7.44. The van der Waals surface area contributed by atoms with Gasteiger partial charge in [0.15, 0.2) is 6.61 Å². The van der Waals surface area contributed by atoms with E-state index in [0.29, 0.717) is 5.75 Å². The van der Waals surface area contributed by atoms with Gasteiger partial charge in [-0.05, 0) is 38.1 Å². The number of nitrogens with zero attached hydrogens (tertiary/aromatic N) is 3. The van der Waals surface area contributed by atoms with Crippen LogP contribution in [-0.4, -0.2) is 35.6 Å². The van der Waals surface area contributed by atoms with Gasteiger partial charge in [0.2, 0.25) is 0 Å². The molecule has 0 aliphatic heterocycles. The molecule has 7 heteroatoms. The van der Waals surface area contributed by atoms with E-state index in [-0.39, 0.29) is 12.5 Å². The molecule has 1 aromatic heterocycles. The fraction of sp³-hybridized carbons (Fsp3) is 0.312. The molecule has 0 saturated carbocycles. The molecule has 0 aliphatic carbocycles. The van der Waals surface area contributed by atoms with Crippen LogP contribution in [0.3, 0.4) is 0 Å². The SMILES string of the molecule is COc1ccc(OCC(=O)N/N=C\c2c(C)nn(C)c2C)cc1. The third kappa shape index (κ3) is 4.32. The summed E-state index contributed by atoms with van der Waals surface area (Å²) in [4.78, 5) is 11.7. The highest BCUT2D eigenvalue weighted by Crippen LogP contribution is 2.16. The summed E-state index contributed by atoms with van der Waals surface area (Å²) in [6, 6.07) is 6.99. The third-order valence-electron chi connectivity index (χ3n) is 3.38. The lowest BCUT2D eigenvalue weighted by Gasteiger charge is -2.05. The minimum atomic E-state index is -0.337. The molecule has 1 heterocycles. The third-order valence-corrected chi connectivity index (χ3v) is 3.38. The van der Waals surface area contributed by atoms with E-state index in [1.54, 1.807) is 42.3 Å². The molecule has 2 aromatic rings.